The Hall–Kier alpha value is -1.93. The van der Waals surface area contributed by atoms with Crippen LogP contribution in [0.3, 0.4) is 0 Å². The fourth-order valence-corrected chi connectivity index (χ4v) is 4.44. The van der Waals surface area contributed by atoms with Crippen molar-refractivity contribution >= 4 is 22.0 Å². The highest BCUT2D eigenvalue weighted by Gasteiger charge is 2.37. The molecule has 0 saturated carbocycles. The Morgan fingerprint density at radius 1 is 1.33 bits per heavy atom. The van der Waals surface area contributed by atoms with Crippen molar-refractivity contribution in [3.8, 4) is 0 Å². The molecular formula is C16H21NO6S. The molecule has 0 bridgehead atoms. The second-order valence-corrected chi connectivity index (χ2v) is 7.55. The number of carboxylic acid groups (broad SMARTS) is 1. The molecule has 8 heteroatoms. The topological polar surface area (TPSA) is 101 Å². The number of aryl methyl sites for hydroxylation is 1. The highest BCUT2D eigenvalue weighted by molar-refractivity contribution is 7.89. The van der Waals surface area contributed by atoms with Gasteiger partial charge in [0.05, 0.1) is 17.1 Å². The van der Waals surface area contributed by atoms with Gasteiger partial charge in [-0.05, 0) is 50.8 Å². The number of sulfonamides is 1. The third-order valence-corrected chi connectivity index (χ3v) is 5.95. The first kappa shape index (κ1) is 18.4. The number of piperidine rings is 1. The van der Waals surface area contributed by atoms with Gasteiger partial charge in [-0.15, -0.1) is 0 Å². The van der Waals surface area contributed by atoms with E-state index in [1.165, 1.54) is 18.2 Å². The first-order chi connectivity index (χ1) is 11.3. The minimum absolute atomic E-state index is 0.0932. The van der Waals surface area contributed by atoms with E-state index in [-0.39, 0.29) is 30.0 Å². The van der Waals surface area contributed by atoms with Crippen LogP contribution in [0.15, 0.2) is 23.1 Å². The zero-order valence-corrected chi connectivity index (χ0v) is 14.5. The van der Waals surface area contributed by atoms with Gasteiger partial charge in [-0.25, -0.2) is 13.2 Å². The molecule has 1 saturated heterocycles. The second-order valence-electron chi connectivity index (χ2n) is 5.66. The molecule has 0 amide bonds. The Morgan fingerprint density at radius 3 is 2.67 bits per heavy atom. The van der Waals surface area contributed by atoms with E-state index in [1.807, 2.05) is 0 Å². The van der Waals surface area contributed by atoms with E-state index in [2.05, 4.69) is 0 Å². The van der Waals surface area contributed by atoms with Crippen LogP contribution >= 0.6 is 0 Å². The van der Waals surface area contributed by atoms with Crippen LogP contribution in [0.25, 0.3) is 0 Å². The minimum atomic E-state index is -4.00. The maximum absolute atomic E-state index is 12.9. The van der Waals surface area contributed by atoms with Crippen LogP contribution in [-0.4, -0.2) is 49.0 Å². The molecule has 0 spiro atoms. The van der Waals surface area contributed by atoms with Crippen molar-refractivity contribution < 1.29 is 27.9 Å². The van der Waals surface area contributed by atoms with Crippen LogP contribution in [0.2, 0.25) is 0 Å². The van der Waals surface area contributed by atoms with E-state index < -0.39 is 28.0 Å². The largest absolute Gasteiger partial charge is 0.480 e. The highest BCUT2D eigenvalue weighted by Crippen LogP contribution is 2.27. The first-order valence-corrected chi connectivity index (χ1v) is 9.25. The average Bonchev–Trinajstić information content (AvgIpc) is 2.55. The molecule has 2 rings (SSSR count). The molecule has 1 heterocycles. The summed E-state index contributed by atoms with van der Waals surface area (Å²) in [7, 11) is -4.00. The lowest BCUT2D eigenvalue weighted by Crippen LogP contribution is -2.47. The van der Waals surface area contributed by atoms with Crippen LogP contribution in [0.1, 0.15) is 42.1 Å². The number of hydrogen-bond acceptors (Lipinski definition) is 5. The molecular weight excluding hydrogens is 334 g/mol. The smallest absolute Gasteiger partial charge is 0.338 e. The van der Waals surface area contributed by atoms with Crippen LogP contribution in [0.5, 0.6) is 0 Å². The number of esters is 1. The number of hydrogen-bond donors (Lipinski definition) is 1. The van der Waals surface area contributed by atoms with Crippen molar-refractivity contribution in [1.82, 2.24) is 4.31 Å². The van der Waals surface area contributed by atoms with Gasteiger partial charge in [0.2, 0.25) is 10.0 Å². The third kappa shape index (κ3) is 3.59. The third-order valence-electron chi connectivity index (χ3n) is 4.05. The maximum atomic E-state index is 12.9. The summed E-state index contributed by atoms with van der Waals surface area (Å²) in [5.74, 6) is -1.75. The normalized spacial score (nSPS) is 19.0. The molecule has 1 fully saturated rings. The number of carboxylic acids is 1. The van der Waals surface area contributed by atoms with Crippen molar-refractivity contribution in [3.63, 3.8) is 0 Å². The van der Waals surface area contributed by atoms with Crippen LogP contribution < -0.4 is 0 Å². The van der Waals surface area contributed by atoms with Crippen molar-refractivity contribution in [1.29, 1.82) is 0 Å². The molecule has 1 aliphatic heterocycles. The Labute approximate surface area is 141 Å². The molecule has 1 aromatic carbocycles. The van der Waals surface area contributed by atoms with E-state index in [0.717, 1.165) is 4.31 Å². The molecule has 0 aliphatic carbocycles. The molecule has 24 heavy (non-hydrogen) atoms. The number of carbonyl (C=O) groups excluding carboxylic acids is 1. The van der Waals surface area contributed by atoms with Crippen molar-refractivity contribution in [2.24, 2.45) is 0 Å². The van der Waals surface area contributed by atoms with Gasteiger partial charge in [0.25, 0.3) is 0 Å². The summed E-state index contributed by atoms with van der Waals surface area (Å²) in [5, 5.41) is 9.30. The Balaban J connectivity index is 2.43. The summed E-state index contributed by atoms with van der Waals surface area (Å²) in [4.78, 5) is 23.3. The Bertz CT molecular complexity index is 743. The lowest BCUT2D eigenvalue weighted by molar-refractivity contribution is -0.142. The fraction of sp³-hybridized carbons (Fsp3) is 0.500. The predicted octanol–water partition coefficient (Wildman–Crippen LogP) is 1.80. The molecule has 1 aliphatic rings. The molecule has 0 aromatic heterocycles. The number of carbonyl (C=O) groups is 2. The Morgan fingerprint density at radius 2 is 2.04 bits per heavy atom. The standard InChI is InChI=1S/C16H21NO6S/c1-3-23-16(20)13-10-12(8-7-11(13)2)24(21,22)17-9-5-4-6-14(17)15(18)19/h7-8,10,14H,3-6,9H2,1-2H3,(H,18,19). The lowest BCUT2D eigenvalue weighted by Gasteiger charge is -2.32. The van der Waals surface area contributed by atoms with Crippen molar-refractivity contribution in [2.75, 3.05) is 13.2 Å². The van der Waals surface area contributed by atoms with Crippen LogP contribution in [-0.2, 0) is 19.6 Å². The minimum Gasteiger partial charge on any atom is -0.480 e. The maximum Gasteiger partial charge on any atom is 0.338 e. The van der Waals surface area contributed by atoms with Crippen molar-refractivity contribution in [2.45, 2.75) is 44.0 Å². The number of rotatable bonds is 5. The SMILES string of the molecule is CCOC(=O)c1cc(S(=O)(=O)N2CCCCC2C(=O)O)ccc1C. The second kappa shape index (κ2) is 7.31. The van der Waals surface area contributed by atoms with E-state index in [0.29, 0.717) is 18.4 Å². The number of ether oxygens (including phenoxy) is 1. The van der Waals surface area contributed by atoms with Gasteiger partial charge in [0.15, 0.2) is 0 Å². The van der Waals surface area contributed by atoms with Gasteiger partial charge in [-0.3, -0.25) is 4.79 Å². The van der Waals surface area contributed by atoms with Gasteiger partial charge in [-0.1, -0.05) is 6.07 Å². The summed E-state index contributed by atoms with van der Waals surface area (Å²) in [6, 6.07) is 3.10. The molecule has 7 nitrogen and oxygen atoms in total. The molecule has 132 valence electrons. The van der Waals surface area contributed by atoms with Gasteiger partial charge >= 0.3 is 11.9 Å². The fourth-order valence-electron chi connectivity index (χ4n) is 2.77. The van der Waals surface area contributed by atoms with Gasteiger partial charge < -0.3 is 9.84 Å². The molecule has 1 N–H and O–H groups in total. The zero-order chi connectivity index (χ0) is 17.9. The van der Waals surface area contributed by atoms with Gasteiger partial charge in [0, 0.05) is 6.54 Å². The summed E-state index contributed by atoms with van der Waals surface area (Å²) >= 11 is 0. The van der Waals surface area contributed by atoms with E-state index >= 15 is 0 Å². The van der Waals surface area contributed by atoms with Crippen LogP contribution in [0.4, 0.5) is 0 Å². The highest BCUT2D eigenvalue weighted by atomic mass is 32.2. The molecule has 1 atom stereocenters. The van der Waals surface area contributed by atoms with Gasteiger partial charge in [-0.2, -0.15) is 4.31 Å². The molecule has 0 radical (unpaired) electrons. The molecule has 1 aromatic rings. The number of benzene rings is 1. The Kier molecular flexibility index (Phi) is 5.61. The van der Waals surface area contributed by atoms with E-state index in [4.69, 9.17) is 4.74 Å². The quantitative estimate of drug-likeness (QED) is 0.808. The predicted molar refractivity (Wildman–Crippen MR) is 86.3 cm³/mol. The summed E-state index contributed by atoms with van der Waals surface area (Å²) in [6.07, 6.45) is 1.57. The monoisotopic (exact) mass is 355 g/mol. The van der Waals surface area contributed by atoms with Crippen LogP contribution in [0, 0.1) is 6.92 Å². The van der Waals surface area contributed by atoms with E-state index in [1.54, 1.807) is 13.8 Å². The van der Waals surface area contributed by atoms with Crippen molar-refractivity contribution in [3.05, 3.63) is 29.3 Å². The zero-order valence-electron chi connectivity index (χ0n) is 13.7. The van der Waals surface area contributed by atoms with Gasteiger partial charge in [0.1, 0.15) is 6.04 Å². The number of aliphatic carboxylic acids is 1. The number of nitrogens with zero attached hydrogens (tertiary/aromatic N) is 1. The molecule has 1 unspecified atom stereocenters. The summed E-state index contributed by atoms with van der Waals surface area (Å²) < 4.78 is 31.7. The lowest BCUT2D eigenvalue weighted by atomic mass is 10.1. The summed E-state index contributed by atoms with van der Waals surface area (Å²) in [6.45, 7) is 3.69. The van der Waals surface area contributed by atoms with E-state index in [9.17, 15) is 23.1 Å². The summed E-state index contributed by atoms with van der Waals surface area (Å²) in [5.41, 5.74) is 0.766. The first-order valence-electron chi connectivity index (χ1n) is 7.81. The average molecular weight is 355 g/mol.